The number of benzene rings is 2. The number of rotatable bonds is 7. The molecule has 2 aromatic carbocycles. The number of carbonyl (C=O) groups is 1. The van der Waals surface area contributed by atoms with Crippen molar-refractivity contribution >= 4 is 11.6 Å². The van der Waals surface area contributed by atoms with Gasteiger partial charge in [0.1, 0.15) is 11.5 Å². The van der Waals surface area contributed by atoms with Crippen LogP contribution >= 0.6 is 0 Å². The van der Waals surface area contributed by atoms with E-state index in [1.807, 2.05) is 26.0 Å². The summed E-state index contributed by atoms with van der Waals surface area (Å²) in [4.78, 5) is 11.8. The van der Waals surface area contributed by atoms with Crippen LogP contribution in [0.5, 0.6) is 11.5 Å². The quantitative estimate of drug-likeness (QED) is 0.602. The Morgan fingerprint density at radius 2 is 1.73 bits per heavy atom. The smallest absolute Gasteiger partial charge is 0.387 e. The standard InChI is InChI=1S/C19H20F2N2O3/c1-12-4-7-17(10-13(12)2)25-11-18(24)23-22-14(3)15-5-8-16(9-6-15)26-19(20)21/h4-10,19H,11H2,1-3H3,(H,23,24)/b22-14-. The number of nitrogens with zero attached hydrogens (tertiary/aromatic N) is 1. The van der Waals surface area contributed by atoms with Crippen LogP contribution in [0.2, 0.25) is 0 Å². The van der Waals surface area contributed by atoms with Crippen LogP contribution < -0.4 is 14.9 Å². The van der Waals surface area contributed by atoms with Crippen molar-refractivity contribution in [1.82, 2.24) is 5.43 Å². The maximum Gasteiger partial charge on any atom is 0.387 e. The van der Waals surface area contributed by atoms with Gasteiger partial charge in [-0.1, -0.05) is 6.07 Å². The number of ether oxygens (including phenoxy) is 2. The molecule has 0 saturated carbocycles. The summed E-state index contributed by atoms with van der Waals surface area (Å²) in [5.74, 6) is 0.265. The van der Waals surface area contributed by atoms with Crippen LogP contribution in [0.1, 0.15) is 23.6 Å². The fraction of sp³-hybridized carbons (Fsp3) is 0.263. The van der Waals surface area contributed by atoms with Gasteiger partial charge in [-0.25, -0.2) is 5.43 Å². The van der Waals surface area contributed by atoms with Crippen molar-refractivity contribution in [2.75, 3.05) is 6.61 Å². The first-order valence-corrected chi connectivity index (χ1v) is 7.93. The number of halogens is 2. The zero-order valence-electron chi connectivity index (χ0n) is 14.8. The van der Waals surface area contributed by atoms with Crippen molar-refractivity contribution < 1.29 is 23.0 Å². The highest BCUT2D eigenvalue weighted by Crippen LogP contribution is 2.16. The van der Waals surface area contributed by atoms with Crippen LogP contribution in [0.4, 0.5) is 8.78 Å². The summed E-state index contributed by atoms with van der Waals surface area (Å²) in [7, 11) is 0. The Morgan fingerprint density at radius 1 is 1.08 bits per heavy atom. The van der Waals surface area contributed by atoms with E-state index in [-0.39, 0.29) is 12.4 Å². The lowest BCUT2D eigenvalue weighted by atomic mass is 10.1. The van der Waals surface area contributed by atoms with E-state index in [1.165, 1.54) is 12.1 Å². The van der Waals surface area contributed by atoms with Crippen molar-refractivity contribution in [3.63, 3.8) is 0 Å². The highest BCUT2D eigenvalue weighted by Gasteiger charge is 2.06. The summed E-state index contributed by atoms with van der Waals surface area (Å²) in [5, 5.41) is 3.98. The molecule has 138 valence electrons. The third kappa shape index (κ3) is 5.84. The molecule has 1 N–H and O–H groups in total. The minimum absolute atomic E-state index is 0.0578. The van der Waals surface area contributed by atoms with Crippen LogP contribution in [0, 0.1) is 13.8 Å². The van der Waals surface area contributed by atoms with Gasteiger partial charge in [-0.2, -0.15) is 13.9 Å². The molecule has 0 heterocycles. The van der Waals surface area contributed by atoms with Gasteiger partial charge in [0.25, 0.3) is 5.91 Å². The van der Waals surface area contributed by atoms with Crippen LogP contribution in [-0.2, 0) is 4.79 Å². The lowest BCUT2D eigenvalue weighted by Gasteiger charge is -2.08. The second kappa shape index (κ2) is 8.94. The fourth-order valence-corrected chi connectivity index (χ4v) is 2.07. The van der Waals surface area contributed by atoms with Crippen molar-refractivity contribution in [2.45, 2.75) is 27.4 Å². The highest BCUT2D eigenvalue weighted by molar-refractivity contribution is 5.99. The van der Waals surface area contributed by atoms with Crippen molar-refractivity contribution in [3.8, 4) is 11.5 Å². The normalized spacial score (nSPS) is 11.4. The second-order valence-electron chi connectivity index (χ2n) is 5.67. The van der Waals surface area contributed by atoms with E-state index in [1.54, 1.807) is 25.1 Å². The van der Waals surface area contributed by atoms with Crippen LogP contribution in [0.3, 0.4) is 0 Å². The predicted octanol–water partition coefficient (Wildman–Crippen LogP) is 3.82. The van der Waals surface area contributed by atoms with E-state index in [4.69, 9.17) is 4.74 Å². The number of alkyl halides is 2. The summed E-state index contributed by atoms with van der Waals surface area (Å²) >= 11 is 0. The zero-order chi connectivity index (χ0) is 19.1. The van der Waals surface area contributed by atoms with Crippen molar-refractivity contribution in [2.24, 2.45) is 5.10 Å². The molecule has 0 unspecified atom stereocenters. The maximum atomic E-state index is 12.1. The lowest BCUT2D eigenvalue weighted by Crippen LogP contribution is -2.25. The third-order valence-electron chi connectivity index (χ3n) is 3.69. The molecule has 0 radical (unpaired) electrons. The van der Waals surface area contributed by atoms with Gasteiger partial charge in [-0.15, -0.1) is 0 Å². The zero-order valence-corrected chi connectivity index (χ0v) is 14.8. The molecule has 0 aliphatic heterocycles. The van der Waals surface area contributed by atoms with E-state index in [0.29, 0.717) is 17.0 Å². The van der Waals surface area contributed by atoms with E-state index in [0.717, 1.165) is 11.1 Å². The largest absolute Gasteiger partial charge is 0.484 e. The number of carbonyl (C=O) groups excluding carboxylic acids is 1. The summed E-state index contributed by atoms with van der Waals surface area (Å²) in [6.07, 6.45) is 0. The molecule has 26 heavy (non-hydrogen) atoms. The monoisotopic (exact) mass is 362 g/mol. The van der Waals surface area contributed by atoms with Gasteiger partial charge < -0.3 is 9.47 Å². The summed E-state index contributed by atoms with van der Waals surface area (Å²) in [5.41, 5.74) is 5.81. The average Bonchev–Trinajstić information content (AvgIpc) is 2.60. The number of hydrogen-bond donors (Lipinski definition) is 1. The molecule has 1 amide bonds. The van der Waals surface area contributed by atoms with E-state index in [9.17, 15) is 13.6 Å². The topological polar surface area (TPSA) is 59.9 Å². The number of nitrogens with one attached hydrogen (secondary N) is 1. The van der Waals surface area contributed by atoms with Crippen molar-refractivity contribution in [3.05, 3.63) is 59.2 Å². The van der Waals surface area contributed by atoms with Gasteiger partial charge >= 0.3 is 6.61 Å². The van der Waals surface area contributed by atoms with Gasteiger partial charge in [-0.05, 0) is 73.9 Å². The van der Waals surface area contributed by atoms with Gasteiger partial charge in [0.05, 0.1) is 5.71 Å². The molecule has 2 rings (SSSR count). The van der Waals surface area contributed by atoms with Crippen molar-refractivity contribution in [1.29, 1.82) is 0 Å². The SMILES string of the molecule is C/C(=N/NC(=O)COc1ccc(C)c(C)c1)c1ccc(OC(F)F)cc1. The predicted molar refractivity (Wildman–Crippen MR) is 94.8 cm³/mol. The Kier molecular flexibility index (Phi) is 6.66. The summed E-state index contributed by atoms with van der Waals surface area (Å²) < 4.78 is 33.9. The van der Waals surface area contributed by atoms with Crippen LogP contribution in [0.25, 0.3) is 0 Å². The lowest BCUT2D eigenvalue weighted by molar-refractivity contribution is -0.123. The van der Waals surface area contributed by atoms with Gasteiger partial charge in [0.2, 0.25) is 0 Å². The molecule has 0 fully saturated rings. The summed E-state index contributed by atoms with van der Waals surface area (Å²) in [6, 6.07) is 11.6. The molecule has 0 aliphatic rings. The van der Waals surface area contributed by atoms with Gasteiger partial charge in [-0.3, -0.25) is 4.79 Å². The number of aryl methyl sites for hydroxylation is 2. The molecule has 0 aromatic heterocycles. The van der Waals surface area contributed by atoms with Gasteiger partial charge in [0, 0.05) is 0 Å². The number of hydrazone groups is 1. The Bertz CT molecular complexity index is 790. The molecule has 5 nitrogen and oxygen atoms in total. The Balaban J connectivity index is 1.87. The molecular weight excluding hydrogens is 342 g/mol. The molecule has 0 saturated heterocycles. The molecule has 0 bridgehead atoms. The minimum atomic E-state index is -2.87. The van der Waals surface area contributed by atoms with Crippen LogP contribution in [-0.4, -0.2) is 24.8 Å². The first kappa shape index (κ1) is 19.4. The first-order chi connectivity index (χ1) is 12.3. The fourth-order valence-electron chi connectivity index (χ4n) is 2.07. The number of amides is 1. The third-order valence-corrected chi connectivity index (χ3v) is 3.69. The van der Waals surface area contributed by atoms with E-state index < -0.39 is 12.5 Å². The van der Waals surface area contributed by atoms with E-state index in [2.05, 4.69) is 15.3 Å². The Labute approximate surface area is 150 Å². The molecule has 0 atom stereocenters. The highest BCUT2D eigenvalue weighted by atomic mass is 19.3. The van der Waals surface area contributed by atoms with Crippen LogP contribution in [0.15, 0.2) is 47.6 Å². The first-order valence-electron chi connectivity index (χ1n) is 7.93. The maximum absolute atomic E-state index is 12.1. The molecular formula is C19H20F2N2O3. The minimum Gasteiger partial charge on any atom is -0.484 e. The Hall–Kier alpha value is -2.96. The number of hydrogen-bond acceptors (Lipinski definition) is 4. The second-order valence-corrected chi connectivity index (χ2v) is 5.67. The molecule has 2 aromatic rings. The molecule has 0 spiro atoms. The Morgan fingerprint density at radius 3 is 2.35 bits per heavy atom. The molecule has 7 heteroatoms. The molecule has 0 aliphatic carbocycles. The van der Waals surface area contributed by atoms with E-state index >= 15 is 0 Å². The van der Waals surface area contributed by atoms with Gasteiger partial charge in [0.15, 0.2) is 6.61 Å². The average molecular weight is 362 g/mol. The summed E-state index contributed by atoms with van der Waals surface area (Å²) in [6.45, 7) is 2.61.